The van der Waals surface area contributed by atoms with E-state index in [9.17, 15) is 18.0 Å². The highest BCUT2D eigenvalue weighted by molar-refractivity contribution is 7.91. The van der Waals surface area contributed by atoms with Crippen molar-refractivity contribution in [3.8, 4) is 0 Å². The molecule has 0 heterocycles. The number of carboxylic acid groups (broad SMARTS) is 1. The van der Waals surface area contributed by atoms with Gasteiger partial charge in [0.05, 0.1) is 10.6 Å². The van der Waals surface area contributed by atoms with Crippen LogP contribution in [-0.4, -0.2) is 48.6 Å². The molecule has 122 valence electrons. The standard InChI is InChI=1S/C15H21NO5S/c1-4-11(3)16(10-14(17)18)15(19)12-7-6-8-13(9-12)22(20,21)5-2/h6-9,11H,4-5,10H2,1-3H3,(H,17,18). The zero-order chi connectivity index (χ0) is 16.9. The third kappa shape index (κ3) is 4.30. The lowest BCUT2D eigenvalue weighted by Gasteiger charge is -2.27. The number of nitrogens with zero attached hydrogens (tertiary/aromatic N) is 1. The Labute approximate surface area is 130 Å². The second-order valence-electron chi connectivity index (χ2n) is 5.02. The van der Waals surface area contributed by atoms with E-state index in [4.69, 9.17) is 5.11 Å². The maximum atomic E-state index is 12.5. The van der Waals surface area contributed by atoms with Crippen molar-refractivity contribution >= 4 is 21.7 Å². The summed E-state index contributed by atoms with van der Waals surface area (Å²) in [4.78, 5) is 24.8. The summed E-state index contributed by atoms with van der Waals surface area (Å²) in [7, 11) is -3.42. The van der Waals surface area contributed by atoms with Gasteiger partial charge in [-0.3, -0.25) is 9.59 Å². The predicted molar refractivity (Wildman–Crippen MR) is 82.6 cm³/mol. The summed E-state index contributed by atoms with van der Waals surface area (Å²) in [5.41, 5.74) is 0.177. The molecule has 0 radical (unpaired) electrons. The zero-order valence-corrected chi connectivity index (χ0v) is 13.8. The van der Waals surface area contributed by atoms with Crippen molar-refractivity contribution < 1.29 is 23.1 Å². The van der Waals surface area contributed by atoms with Gasteiger partial charge in [0, 0.05) is 11.6 Å². The average Bonchev–Trinajstić information content (AvgIpc) is 2.51. The molecule has 1 rings (SSSR count). The molecule has 6 nitrogen and oxygen atoms in total. The van der Waals surface area contributed by atoms with Gasteiger partial charge in [-0.25, -0.2) is 8.42 Å². The van der Waals surface area contributed by atoms with E-state index >= 15 is 0 Å². The zero-order valence-electron chi connectivity index (χ0n) is 12.9. The first-order valence-electron chi connectivity index (χ1n) is 7.08. The molecule has 0 spiro atoms. The number of amides is 1. The molecule has 1 N–H and O–H groups in total. The third-order valence-corrected chi connectivity index (χ3v) is 5.24. The van der Waals surface area contributed by atoms with Gasteiger partial charge in [-0.05, 0) is 31.5 Å². The fourth-order valence-electron chi connectivity index (χ4n) is 1.95. The first kappa shape index (κ1) is 18.2. The molecule has 1 aromatic carbocycles. The molecule has 0 aliphatic carbocycles. The Morgan fingerprint density at radius 3 is 2.41 bits per heavy atom. The van der Waals surface area contributed by atoms with Crippen LogP contribution in [-0.2, 0) is 14.6 Å². The maximum Gasteiger partial charge on any atom is 0.323 e. The van der Waals surface area contributed by atoms with E-state index < -0.39 is 28.3 Å². The minimum atomic E-state index is -3.42. The highest BCUT2D eigenvalue weighted by Gasteiger charge is 2.24. The smallest absolute Gasteiger partial charge is 0.323 e. The van der Waals surface area contributed by atoms with Gasteiger partial charge in [0.15, 0.2) is 9.84 Å². The van der Waals surface area contributed by atoms with Crippen molar-refractivity contribution in [1.29, 1.82) is 0 Å². The Kier molecular flexibility index (Phi) is 6.11. The minimum absolute atomic E-state index is 0.0607. The van der Waals surface area contributed by atoms with Gasteiger partial charge >= 0.3 is 5.97 Å². The van der Waals surface area contributed by atoms with Crippen LogP contribution in [0.3, 0.4) is 0 Å². The van der Waals surface area contributed by atoms with Gasteiger partial charge < -0.3 is 10.0 Å². The highest BCUT2D eigenvalue weighted by Crippen LogP contribution is 2.16. The first-order valence-corrected chi connectivity index (χ1v) is 8.73. The molecule has 0 fully saturated rings. The molecule has 0 aliphatic heterocycles. The van der Waals surface area contributed by atoms with E-state index in [1.165, 1.54) is 36.1 Å². The van der Waals surface area contributed by atoms with Gasteiger partial charge in [0.25, 0.3) is 5.91 Å². The monoisotopic (exact) mass is 327 g/mol. The lowest BCUT2D eigenvalue weighted by Crippen LogP contribution is -2.41. The largest absolute Gasteiger partial charge is 0.480 e. The number of carbonyl (C=O) groups is 2. The van der Waals surface area contributed by atoms with Crippen LogP contribution in [0, 0.1) is 0 Å². The fourth-order valence-corrected chi connectivity index (χ4v) is 2.87. The Balaban J connectivity index is 3.20. The van der Waals surface area contributed by atoms with Crippen molar-refractivity contribution in [3.63, 3.8) is 0 Å². The number of hydrogen-bond donors (Lipinski definition) is 1. The minimum Gasteiger partial charge on any atom is -0.480 e. The molecule has 0 saturated heterocycles. The first-order chi connectivity index (χ1) is 10.2. The Bertz CT molecular complexity index is 654. The second kappa shape index (κ2) is 7.40. The summed E-state index contributed by atoms with van der Waals surface area (Å²) in [6, 6.07) is 5.47. The number of sulfone groups is 1. The van der Waals surface area contributed by atoms with Gasteiger partial charge in [-0.2, -0.15) is 0 Å². The normalized spacial score (nSPS) is 12.7. The van der Waals surface area contributed by atoms with E-state index in [1.54, 1.807) is 6.92 Å². The van der Waals surface area contributed by atoms with Crippen molar-refractivity contribution in [2.24, 2.45) is 0 Å². The SMILES string of the molecule is CCC(C)N(CC(=O)O)C(=O)c1cccc(S(=O)(=O)CC)c1. The van der Waals surface area contributed by atoms with Crippen molar-refractivity contribution in [1.82, 2.24) is 4.90 Å². The van der Waals surface area contributed by atoms with Crippen LogP contribution in [0.1, 0.15) is 37.6 Å². The van der Waals surface area contributed by atoms with Gasteiger partial charge in [0.2, 0.25) is 0 Å². The summed E-state index contributed by atoms with van der Waals surface area (Å²) >= 11 is 0. The summed E-state index contributed by atoms with van der Waals surface area (Å²) in [6.07, 6.45) is 0.603. The summed E-state index contributed by atoms with van der Waals surface area (Å²) < 4.78 is 23.8. The van der Waals surface area contributed by atoms with Gasteiger partial charge in [-0.1, -0.05) is 19.9 Å². The molecule has 1 amide bonds. The molecule has 7 heteroatoms. The Hall–Kier alpha value is -1.89. The second-order valence-corrected chi connectivity index (χ2v) is 7.29. The molecule has 0 bridgehead atoms. The van der Waals surface area contributed by atoms with Crippen LogP contribution in [0.15, 0.2) is 29.2 Å². The highest BCUT2D eigenvalue weighted by atomic mass is 32.2. The molecule has 0 aromatic heterocycles. The Morgan fingerprint density at radius 2 is 1.91 bits per heavy atom. The fraction of sp³-hybridized carbons (Fsp3) is 0.467. The number of aliphatic carboxylic acids is 1. The van der Waals surface area contributed by atoms with Crippen LogP contribution < -0.4 is 0 Å². The Morgan fingerprint density at radius 1 is 1.27 bits per heavy atom. The van der Waals surface area contributed by atoms with E-state index in [0.29, 0.717) is 6.42 Å². The number of hydrogen-bond acceptors (Lipinski definition) is 4. The molecular weight excluding hydrogens is 306 g/mol. The average molecular weight is 327 g/mol. The number of carbonyl (C=O) groups excluding carboxylic acids is 1. The molecule has 22 heavy (non-hydrogen) atoms. The van der Waals surface area contributed by atoms with Crippen molar-refractivity contribution in [3.05, 3.63) is 29.8 Å². The van der Waals surface area contributed by atoms with Gasteiger partial charge in [-0.15, -0.1) is 0 Å². The van der Waals surface area contributed by atoms with E-state index in [1.807, 2.05) is 6.92 Å². The molecule has 1 atom stereocenters. The number of benzene rings is 1. The van der Waals surface area contributed by atoms with Crippen LogP contribution >= 0.6 is 0 Å². The van der Waals surface area contributed by atoms with Crippen LogP contribution in [0.4, 0.5) is 0 Å². The lowest BCUT2D eigenvalue weighted by atomic mass is 10.1. The quantitative estimate of drug-likeness (QED) is 0.824. The van der Waals surface area contributed by atoms with E-state index in [2.05, 4.69) is 0 Å². The molecule has 1 unspecified atom stereocenters. The topological polar surface area (TPSA) is 91.8 Å². The molecule has 0 saturated carbocycles. The van der Waals surface area contributed by atoms with Crippen molar-refractivity contribution in [2.45, 2.75) is 38.1 Å². The lowest BCUT2D eigenvalue weighted by molar-refractivity contribution is -0.138. The maximum absolute atomic E-state index is 12.5. The van der Waals surface area contributed by atoms with Gasteiger partial charge in [0.1, 0.15) is 6.54 Å². The molecule has 1 aromatic rings. The third-order valence-electron chi connectivity index (χ3n) is 3.51. The van der Waals surface area contributed by atoms with Crippen molar-refractivity contribution in [2.75, 3.05) is 12.3 Å². The summed E-state index contributed by atoms with van der Waals surface area (Å²) in [6.45, 7) is 4.72. The van der Waals surface area contributed by atoms with E-state index in [0.717, 1.165) is 0 Å². The van der Waals surface area contributed by atoms with E-state index in [-0.39, 0.29) is 22.3 Å². The molecular formula is C15H21NO5S. The molecule has 0 aliphatic rings. The number of carboxylic acids is 1. The number of rotatable bonds is 7. The van der Waals surface area contributed by atoms with Crippen LogP contribution in [0.25, 0.3) is 0 Å². The summed E-state index contributed by atoms with van der Waals surface area (Å²) in [5.74, 6) is -1.65. The van der Waals surface area contributed by atoms with Crippen LogP contribution in [0.2, 0.25) is 0 Å². The predicted octanol–water partition coefficient (Wildman–Crippen LogP) is 1.81. The van der Waals surface area contributed by atoms with Crippen LogP contribution in [0.5, 0.6) is 0 Å². The summed E-state index contributed by atoms with van der Waals surface area (Å²) in [5, 5.41) is 8.96.